The van der Waals surface area contributed by atoms with Gasteiger partial charge in [-0.05, 0) is 16.7 Å². The predicted octanol–water partition coefficient (Wildman–Crippen LogP) is 3.07. The fourth-order valence-electron chi connectivity index (χ4n) is 0.630. The molecule has 3 heteroatoms. The van der Waals surface area contributed by atoms with Gasteiger partial charge >= 0.3 is 8.03 Å². The third-order valence-electron chi connectivity index (χ3n) is 0.977. The van der Waals surface area contributed by atoms with Gasteiger partial charge in [-0.3, -0.25) is 4.52 Å². The summed E-state index contributed by atoms with van der Waals surface area (Å²) in [5.41, 5.74) is 0. The molecule has 0 aliphatic heterocycles. The molecular formula is C8H12O2P+. The van der Waals surface area contributed by atoms with Gasteiger partial charge in [0.05, 0.1) is 0 Å². The van der Waals surface area contributed by atoms with Crippen LogP contribution in [0.5, 0.6) is 5.75 Å². The van der Waals surface area contributed by atoms with Crippen molar-refractivity contribution in [1.82, 2.24) is 0 Å². The highest BCUT2D eigenvalue weighted by molar-refractivity contribution is 7.38. The van der Waals surface area contributed by atoms with E-state index in [0.717, 1.165) is 0 Å². The van der Waals surface area contributed by atoms with Gasteiger partial charge in [0, 0.05) is 0 Å². The summed E-state index contributed by atoms with van der Waals surface area (Å²) in [6.07, 6.45) is 0. The summed E-state index contributed by atoms with van der Waals surface area (Å²) in [7, 11) is -1.53. The maximum absolute atomic E-state index is 10.5. The molecule has 0 aromatic heterocycles. The largest absolute Gasteiger partial charge is 0.552 e. The number of benzene rings is 1. The van der Waals surface area contributed by atoms with Gasteiger partial charge in [0.2, 0.25) is 0 Å². The lowest BCUT2D eigenvalue weighted by atomic mass is 10.3. The molecule has 2 nitrogen and oxygen atoms in total. The van der Waals surface area contributed by atoms with Crippen LogP contribution in [0.2, 0.25) is 0 Å². The number of hydrogen-bond donors (Lipinski definition) is 0. The van der Waals surface area contributed by atoms with Gasteiger partial charge < -0.3 is 0 Å². The Kier molecular flexibility index (Phi) is 4.47. The molecule has 1 rings (SSSR count). The highest BCUT2D eigenvalue weighted by Gasteiger charge is 2.06. The molecule has 1 atom stereocenters. The van der Waals surface area contributed by atoms with Crippen LogP contribution in [0.4, 0.5) is 0 Å². The van der Waals surface area contributed by atoms with Crippen molar-refractivity contribution in [1.29, 1.82) is 0 Å². The molecule has 60 valence electrons. The Hall–Kier alpha value is -0.880. The molecule has 0 saturated carbocycles. The van der Waals surface area contributed by atoms with Crippen molar-refractivity contribution in [2.45, 2.75) is 7.43 Å². The molecular weight excluding hydrogens is 159 g/mol. The zero-order chi connectivity index (χ0) is 7.40. The van der Waals surface area contributed by atoms with Gasteiger partial charge in [-0.1, -0.05) is 25.6 Å². The summed E-state index contributed by atoms with van der Waals surface area (Å²) >= 11 is 0. The Labute approximate surface area is 68.1 Å². The Morgan fingerprint density at radius 2 is 1.82 bits per heavy atom. The minimum Gasteiger partial charge on any atom is -0.255 e. The third kappa shape index (κ3) is 3.74. The maximum Gasteiger partial charge on any atom is 0.552 e. The first-order valence-electron chi connectivity index (χ1n) is 2.93. The first-order valence-corrected chi connectivity index (χ1v) is 4.55. The molecule has 11 heavy (non-hydrogen) atoms. The predicted molar refractivity (Wildman–Crippen MR) is 47.3 cm³/mol. The molecule has 1 aromatic carbocycles. The monoisotopic (exact) mass is 171 g/mol. The Balaban J connectivity index is 0.000001000. The lowest BCUT2D eigenvalue weighted by molar-refractivity contribution is 0.511. The summed E-state index contributed by atoms with van der Waals surface area (Å²) in [6, 6.07) is 9.12. The Morgan fingerprint density at radius 3 is 2.27 bits per heavy atom. The fraction of sp³-hybridized carbons (Fsp3) is 0.250. The van der Waals surface area contributed by atoms with Gasteiger partial charge in [-0.15, -0.1) is 0 Å². The van der Waals surface area contributed by atoms with Gasteiger partial charge in [-0.25, -0.2) is 0 Å². The number of rotatable bonds is 2. The van der Waals surface area contributed by atoms with Crippen molar-refractivity contribution in [3.05, 3.63) is 30.3 Å². The quantitative estimate of drug-likeness (QED) is 0.639. The van der Waals surface area contributed by atoms with Crippen LogP contribution in [0.25, 0.3) is 0 Å². The molecule has 0 saturated heterocycles. The van der Waals surface area contributed by atoms with Crippen LogP contribution in [-0.2, 0) is 4.57 Å². The second kappa shape index (κ2) is 4.86. The Bertz CT molecular complexity index is 221. The topological polar surface area (TPSA) is 26.3 Å². The van der Waals surface area contributed by atoms with Crippen LogP contribution in [0.1, 0.15) is 7.43 Å². The molecule has 0 N–H and O–H groups in total. The first-order chi connectivity index (χ1) is 4.79. The minimum absolute atomic E-state index is 0. The van der Waals surface area contributed by atoms with Gasteiger partial charge in [0.15, 0.2) is 12.4 Å². The highest BCUT2D eigenvalue weighted by atomic mass is 31.1. The SMILES string of the molecule is C.C[P+](=O)Oc1ccccc1. The van der Waals surface area contributed by atoms with E-state index in [9.17, 15) is 4.57 Å². The zero-order valence-electron chi connectivity index (χ0n) is 5.65. The summed E-state index contributed by atoms with van der Waals surface area (Å²) in [5.74, 6) is 0.658. The second-order valence-electron chi connectivity index (χ2n) is 1.84. The van der Waals surface area contributed by atoms with Crippen LogP contribution in [0, 0.1) is 0 Å². The molecule has 0 aliphatic rings. The standard InChI is InChI=1S/C7H8O2P.CH4/c1-10(8)9-7-5-3-2-4-6-7;/h2-6H,1H3;1H4/q+1;. The number of para-hydroxylation sites is 1. The first kappa shape index (κ1) is 10.1. The molecule has 1 unspecified atom stereocenters. The number of hydrogen-bond acceptors (Lipinski definition) is 2. The van der Waals surface area contributed by atoms with E-state index in [2.05, 4.69) is 0 Å². The third-order valence-corrected chi connectivity index (χ3v) is 1.45. The van der Waals surface area contributed by atoms with Crippen molar-refractivity contribution >= 4 is 8.03 Å². The lowest BCUT2D eigenvalue weighted by Gasteiger charge is -1.87. The van der Waals surface area contributed by atoms with E-state index in [1.165, 1.54) is 6.66 Å². The Morgan fingerprint density at radius 1 is 1.27 bits per heavy atom. The van der Waals surface area contributed by atoms with Crippen LogP contribution in [0.15, 0.2) is 30.3 Å². The van der Waals surface area contributed by atoms with Crippen molar-refractivity contribution in [2.75, 3.05) is 6.66 Å². The molecule has 0 heterocycles. The maximum atomic E-state index is 10.5. The molecule has 0 amide bonds. The molecule has 0 spiro atoms. The van der Waals surface area contributed by atoms with E-state index < -0.39 is 8.03 Å². The normalized spacial score (nSPS) is 9.73. The molecule has 0 radical (unpaired) electrons. The second-order valence-corrected chi connectivity index (χ2v) is 2.91. The van der Waals surface area contributed by atoms with Crippen molar-refractivity contribution in [3.8, 4) is 5.75 Å². The van der Waals surface area contributed by atoms with E-state index in [-0.39, 0.29) is 7.43 Å². The van der Waals surface area contributed by atoms with E-state index in [0.29, 0.717) is 5.75 Å². The van der Waals surface area contributed by atoms with Crippen molar-refractivity contribution in [3.63, 3.8) is 0 Å². The van der Waals surface area contributed by atoms with E-state index in [4.69, 9.17) is 4.52 Å². The van der Waals surface area contributed by atoms with Crippen molar-refractivity contribution in [2.24, 2.45) is 0 Å². The van der Waals surface area contributed by atoms with Gasteiger partial charge in [-0.2, -0.15) is 0 Å². The summed E-state index contributed by atoms with van der Waals surface area (Å²) in [4.78, 5) is 0. The van der Waals surface area contributed by atoms with Crippen molar-refractivity contribution < 1.29 is 9.09 Å². The summed E-state index contributed by atoms with van der Waals surface area (Å²) < 4.78 is 15.5. The van der Waals surface area contributed by atoms with Crippen LogP contribution in [0.3, 0.4) is 0 Å². The fourth-order valence-corrected chi connectivity index (χ4v) is 1.05. The van der Waals surface area contributed by atoms with Gasteiger partial charge in [0.1, 0.15) is 0 Å². The summed E-state index contributed by atoms with van der Waals surface area (Å²) in [6.45, 7) is 1.53. The van der Waals surface area contributed by atoms with Crippen LogP contribution < -0.4 is 4.52 Å². The highest BCUT2D eigenvalue weighted by Crippen LogP contribution is 2.21. The van der Waals surface area contributed by atoms with Gasteiger partial charge in [0.25, 0.3) is 0 Å². The molecule has 0 aliphatic carbocycles. The smallest absolute Gasteiger partial charge is 0.255 e. The van der Waals surface area contributed by atoms with Crippen LogP contribution >= 0.6 is 8.03 Å². The van der Waals surface area contributed by atoms with E-state index in [1.54, 1.807) is 12.1 Å². The molecule has 1 aromatic rings. The average Bonchev–Trinajstić information content (AvgIpc) is 1.88. The van der Waals surface area contributed by atoms with E-state index in [1.807, 2.05) is 18.2 Å². The lowest BCUT2D eigenvalue weighted by Crippen LogP contribution is -1.76. The zero-order valence-corrected chi connectivity index (χ0v) is 6.54. The summed E-state index contributed by atoms with van der Waals surface area (Å²) in [5, 5.41) is 0. The molecule has 0 fully saturated rings. The van der Waals surface area contributed by atoms with Crippen LogP contribution in [-0.4, -0.2) is 6.66 Å². The molecule has 0 bridgehead atoms. The van der Waals surface area contributed by atoms with E-state index >= 15 is 0 Å². The minimum atomic E-state index is -1.53. The average molecular weight is 171 g/mol.